The lowest BCUT2D eigenvalue weighted by molar-refractivity contribution is -0.133. The van der Waals surface area contributed by atoms with Crippen LogP contribution in [0.2, 0.25) is 0 Å². The fourth-order valence-electron chi connectivity index (χ4n) is 1.59. The minimum Gasteiger partial charge on any atom is -0.336 e. The van der Waals surface area contributed by atoms with Crippen molar-refractivity contribution in [2.24, 2.45) is 0 Å². The number of carbonyl (C=O) groups is 1. The van der Waals surface area contributed by atoms with Crippen LogP contribution in [0.15, 0.2) is 0 Å². The van der Waals surface area contributed by atoms with Crippen molar-refractivity contribution >= 4 is 15.7 Å². The average Bonchev–Trinajstić information content (AvgIpc) is 2.15. The number of rotatable bonds is 2. The van der Waals surface area contributed by atoms with Crippen LogP contribution in [0.25, 0.3) is 0 Å². The van der Waals surface area contributed by atoms with Crippen molar-refractivity contribution < 1.29 is 13.2 Å². The lowest BCUT2D eigenvalue weighted by atomic mass is 10.2. The first-order chi connectivity index (χ1) is 6.84. The summed E-state index contributed by atoms with van der Waals surface area (Å²) in [7, 11) is -3.29. The molecule has 0 bridgehead atoms. The fraction of sp³-hybridized carbons (Fsp3) is 0.889. The number of nitrogens with zero attached hydrogens (tertiary/aromatic N) is 1. The molecule has 0 radical (unpaired) electrons. The van der Waals surface area contributed by atoms with Crippen LogP contribution < -0.4 is 5.32 Å². The van der Waals surface area contributed by atoms with E-state index >= 15 is 0 Å². The summed E-state index contributed by atoms with van der Waals surface area (Å²) in [5.41, 5.74) is 0. The predicted molar refractivity (Wildman–Crippen MR) is 58.4 cm³/mol. The van der Waals surface area contributed by atoms with Gasteiger partial charge in [0.2, 0.25) is 5.91 Å². The molecule has 0 aromatic carbocycles. The molecular formula is C9H18N2O3S. The zero-order valence-corrected chi connectivity index (χ0v) is 10.2. The molecule has 1 unspecified atom stereocenters. The number of sulfone groups is 1. The van der Waals surface area contributed by atoms with E-state index in [0.717, 1.165) is 19.3 Å². The first-order valence-corrected chi connectivity index (χ1v) is 6.99. The Morgan fingerprint density at radius 2 is 2.13 bits per heavy atom. The number of hydrogen-bond donors (Lipinski definition) is 1. The van der Waals surface area contributed by atoms with Crippen molar-refractivity contribution in [1.29, 1.82) is 0 Å². The third-order valence-electron chi connectivity index (χ3n) is 2.77. The highest BCUT2D eigenvalue weighted by molar-refractivity contribution is 7.92. The zero-order chi connectivity index (χ0) is 11.6. The predicted octanol–water partition coefficient (Wildman–Crippen LogP) is -0.760. The molecule has 0 aliphatic carbocycles. The van der Waals surface area contributed by atoms with Gasteiger partial charge in [-0.25, -0.2) is 8.42 Å². The van der Waals surface area contributed by atoms with Gasteiger partial charge in [-0.15, -0.1) is 0 Å². The molecular weight excluding hydrogens is 216 g/mol. The Morgan fingerprint density at radius 1 is 1.53 bits per heavy atom. The standard InChI is InChI=1S/C9H18N2O3S/c1-7-6-10-4-5-11(7)9(12)8(2)15(3,13)14/h7-8,10H,4-6H2,1-3H3/t7-,8?/m0/s1. The molecule has 5 nitrogen and oxygen atoms in total. The summed E-state index contributed by atoms with van der Waals surface area (Å²) in [6.45, 7) is 5.40. The maximum Gasteiger partial charge on any atom is 0.240 e. The summed E-state index contributed by atoms with van der Waals surface area (Å²) >= 11 is 0. The van der Waals surface area contributed by atoms with E-state index in [-0.39, 0.29) is 11.9 Å². The summed E-state index contributed by atoms with van der Waals surface area (Å²) < 4.78 is 22.5. The monoisotopic (exact) mass is 234 g/mol. The topological polar surface area (TPSA) is 66.5 Å². The van der Waals surface area contributed by atoms with Gasteiger partial charge in [0.25, 0.3) is 0 Å². The summed E-state index contributed by atoms with van der Waals surface area (Å²) in [6.07, 6.45) is 1.10. The Labute approximate surface area is 90.7 Å². The molecule has 1 rings (SSSR count). The van der Waals surface area contributed by atoms with Gasteiger partial charge in [-0.1, -0.05) is 0 Å². The lowest BCUT2D eigenvalue weighted by Gasteiger charge is -2.35. The van der Waals surface area contributed by atoms with Gasteiger partial charge >= 0.3 is 0 Å². The van der Waals surface area contributed by atoms with Gasteiger partial charge in [-0.05, 0) is 13.8 Å². The second-order valence-electron chi connectivity index (χ2n) is 4.06. The van der Waals surface area contributed by atoms with E-state index in [1.54, 1.807) is 4.90 Å². The highest BCUT2D eigenvalue weighted by atomic mass is 32.2. The number of hydrogen-bond acceptors (Lipinski definition) is 4. The molecule has 88 valence electrons. The summed E-state index contributed by atoms with van der Waals surface area (Å²) in [5, 5.41) is 2.22. The second kappa shape index (κ2) is 4.49. The molecule has 1 aliphatic rings. The van der Waals surface area contributed by atoms with Gasteiger partial charge in [0.15, 0.2) is 9.84 Å². The first-order valence-electron chi connectivity index (χ1n) is 5.04. The number of nitrogens with one attached hydrogen (secondary N) is 1. The van der Waals surface area contributed by atoms with E-state index in [9.17, 15) is 13.2 Å². The molecule has 1 amide bonds. The van der Waals surface area contributed by atoms with E-state index in [1.165, 1.54) is 6.92 Å². The van der Waals surface area contributed by atoms with Gasteiger partial charge in [-0.3, -0.25) is 4.79 Å². The highest BCUT2D eigenvalue weighted by Crippen LogP contribution is 2.09. The largest absolute Gasteiger partial charge is 0.336 e. The van der Waals surface area contributed by atoms with Crippen LogP contribution in [0.3, 0.4) is 0 Å². The van der Waals surface area contributed by atoms with Crippen LogP contribution in [0.4, 0.5) is 0 Å². The molecule has 0 saturated carbocycles. The van der Waals surface area contributed by atoms with Crippen molar-refractivity contribution in [3.8, 4) is 0 Å². The maximum absolute atomic E-state index is 11.9. The second-order valence-corrected chi connectivity index (χ2v) is 6.42. The molecule has 1 N–H and O–H groups in total. The molecule has 2 atom stereocenters. The molecule has 1 heterocycles. The van der Waals surface area contributed by atoms with Gasteiger partial charge in [0, 0.05) is 31.9 Å². The van der Waals surface area contributed by atoms with Crippen LogP contribution >= 0.6 is 0 Å². The Morgan fingerprint density at radius 3 is 2.60 bits per heavy atom. The lowest BCUT2D eigenvalue weighted by Crippen LogP contribution is -2.55. The van der Waals surface area contributed by atoms with E-state index in [0.29, 0.717) is 6.54 Å². The van der Waals surface area contributed by atoms with Crippen molar-refractivity contribution in [2.75, 3.05) is 25.9 Å². The molecule has 1 fully saturated rings. The molecule has 0 spiro atoms. The van der Waals surface area contributed by atoms with Crippen LogP contribution in [0.5, 0.6) is 0 Å². The van der Waals surface area contributed by atoms with Crippen molar-refractivity contribution in [1.82, 2.24) is 10.2 Å². The Kier molecular flexibility index (Phi) is 3.72. The van der Waals surface area contributed by atoms with Crippen molar-refractivity contribution in [3.63, 3.8) is 0 Å². The van der Waals surface area contributed by atoms with Crippen LogP contribution in [0, 0.1) is 0 Å². The Hall–Kier alpha value is -0.620. The van der Waals surface area contributed by atoms with Gasteiger partial charge in [-0.2, -0.15) is 0 Å². The number of carbonyl (C=O) groups excluding carboxylic acids is 1. The Bertz CT molecular complexity index is 339. The van der Waals surface area contributed by atoms with Crippen molar-refractivity contribution in [3.05, 3.63) is 0 Å². The number of piperazine rings is 1. The molecule has 6 heteroatoms. The molecule has 0 aromatic rings. The molecule has 15 heavy (non-hydrogen) atoms. The Balaban J connectivity index is 2.75. The SMILES string of the molecule is CC(C(=O)N1CCNC[C@@H]1C)S(C)(=O)=O. The summed E-state index contributed by atoms with van der Waals surface area (Å²) in [5.74, 6) is -0.286. The van der Waals surface area contributed by atoms with Crippen LogP contribution in [-0.4, -0.2) is 56.4 Å². The smallest absolute Gasteiger partial charge is 0.240 e. The van der Waals surface area contributed by atoms with Gasteiger partial charge in [0.1, 0.15) is 5.25 Å². The third-order valence-corrected chi connectivity index (χ3v) is 4.26. The first kappa shape index (κ1) is 12.4. The summed E-state index contributed by atoms with van der Waals surface area (Å²) in [4.78, 5) is 13.5. The van der Waals surface area contributed by atoms with E-state index in [1.807, 2.05) is 6.92 Å². The van der Waals surface area contributed by atoms with Crippen molar-refractivity contribution in [2.45, 2.75) is 25.1 Å². The third kappa shape index (κ3) is 2.92. The normalized spacial score (nSPS) is 25.0. The highest BCUT2D eigenvalue weighted by Gasteiger charge is 2.31. The molecule has 1 aliphatic heterocycles. The van der Waals surface area contributed by atoms with Gasteiger partial charge < -0.3 is 10.2 Å². The average molecular weight is 234 g/mol. The molecule has 1 saturated heterocycles. The minimum absolute atomic E-state index is 0.0652. The maximum atomic E-state index is 11.9. The van der Waals surface area contributed by atoms with E-state index in [2.05, 4.69) is 5.32 Å². The van der Waals surface area contributed by atoms with Crippen LogP contribution in [0.1, 0.15) is 13.8 Å². The zero-order valence-electron chi connectivity index (χ0n) is 9.36. The van der Waals surface area contributed by atoms with E-state index < -0.39 is 15.1 Å². The summed E-state index contributed by atoms with van der Waals surface area (Å²) in [6, 6.07) is 0.0652. The van der Waals surface area contributed by atoms with Gasteiger partial charge in [0.05, 0.1) is 0 Å². The quantitative estimate of drug-likeness (QED) is 0.682. The number of amides is 1. The molecule has 0 aromatic heterocycles. The fourth-order valence-corrected chi connectivity index (χ4v) is 2.09. The van der Waals surface area contributed by atoms with E-state index in [4.69, 9.17) is 0 Å². The minimum atomic E-state index is -3.29. The van der Waals surface area contributed by atoms with Crippen LogP contribution in [-0.2, 0) is 14.6 Å².